The molecule has 92 valence electrons. The van der Waals surface area contributed by atoms with Gasteiger partial charge in [0.2, 0.25) is 0 Å². The Labute approximate surface area is 105 Å². The molecule has 0 fully saturated rings. The Bertz CT molecular complexity index is 553. The predicted molar refractivity (Wildman–Crippen MR) is 68.9 cm³/mol. The van der Waals surface area contributed by atoms with Crippen LogP contribution in [0.15, 0.2) is 42.5 Å². The summed E-state index contributed by atoms with van der Waals surface area (Å²) in [7, 11) is 0. The third-order valence-electron chi connectivity index (χ3n) is 2.50. The van der Waals surface area contributed by atoms with Crippen LogP contribution in [0.2, 0.25) is 0 Å². The van der Waals surface area contributed by atoms with Crippen LogP contribution in [-0.2, 0) is 11.3 Å². The highest BCUT2D eigenvalue weighted by Gasteiger charge is 2.12. The number of aryl methyl sites for hydroxylation is 1. The molecule has 1 heterocycles. The molecule has 0 amide bonds. The van der Waals surface area contributed by atoms with Crippen LogP contribution in [0, 0.1) is 6.92 Å². The van der Waals surface area contributed by atoms with Crippen molar-refractivity contribution in [3.63, 3.8) is 0 Å². The fourth-order valence-electron chi connectivity index (χ4n) is 1.55. The molecular weight excluding hydrogens is 228 g/mol. The minimum Gasteiger partial charge on any atom is -0.457 e. The summed E-state index contributed by atoms with van der Waals surface area (Å²) >= 11 is 0. The zero-order valence-corrected chi connectivity index (χ0v) is 10.1. The van der Waals surface area contributed by atoms with E-state index >= 15 is 0 Å². The number of nitrogens with zero attached hydrogens (tertiary/aromatic N) is 1. The van der Waals surface area contributed by atoms with E-state index in [2.05, 4.69) is 4.98 Å². The first kappa shape index (κ1) is 12.1. The van der Waals surface area contributed by atoms with Crippen molar-refractivity contribution in [3.05, 3.63) is 59.3 Å². The fraction of sp³-hybridized carbons (Fsp3) is 0.143. The number of nitrogen functional groups attached to an aromatic ring is 1. The maximum atomic E-state index is 11.8. The van der Waals surface area contributed by atoms with Crippen LogP contribution >= 0.6 is 0 Å². The molecule has 18 heavy (non-hydrogen) atoms. The number of ether oxygens (including phenoxy) is 1. The van der Waals surface area contributed by atoms with Crippen molar-refractivity contribution in [2.75, 3.05) is 5.73 Å². The second-order valence-electron chi connectivity index (χ2n) is 3.95. The number of carbonyl (C=O) groups excluding carboxylic acids is 1. The van der Waals surface area contributed by atoms with Gasteiger partial charge in [0.25, 0.3) is 0 Å². The van der Waals surface area contributed by atoms with Crippen LogP contribution < -0.4 is 5.73 Å². The smallest absolute Gasteiger partial charge is 0.342 e. The van der Waals surface area contributed by atoms with E-state index in [4.69, 9.17) is 10.5 Å². The summed E-state index contributed by atoms with van der Waals surface area (Å²) in [6, 6.07) is 12.8. The normalized spacial score (nSPS) is 10.1. The lowest BCUT2D eigenvalue weighted by atomic mass is 10.2. The van der Waals surface area contributed by atoms with Crippen LogP contribution in [-0.4, -0.2) is 11.0 Å². The second kappa shape index (κ2) is 5.31. The molecule has 4 heteroatoms. The fourth-order valence-corrected chi connectivity index (χ4v) is 1.55. The summed E-state index contributed by atoms with van der Waals surface area (Å²) in [6.07, 6.45) is 0. The molecule has 0 saturated heterocycles. The summed E-state index contributed by atoms with van der Waals surface area (Å²) in [4.78, 5) is 15.8. The standard InChI is InChI=1S/C14H14N2O2/c1-10-7-8-12(13(15)16-10)14(17)18-9-11-5-3-2-4-6-11/h2-8H,9H2,1H3,(H2,15,16). The van der Waals surface area contributed by atoms with Crippen molar-refractivity contribution in [3.8, 4) is 0 Å². The van der Waals surface area contributed by atoms with Gasteiger partial charge in [0, 0.05) is 5.69 Å². The zero-order valence-electron chi connectivity index (χ0n) is 10.1. The number of hydrogen-bond acceptors (Lipinski definition) is 4. The van der Waals surface area contributed by atoms with E-state index in [1.54, 1.807) is 12.1 Å². The van der Waals surface area contributed by atoms with Gasteiger partial charge in [-0.05, 0) is 24.6 Å². The van der Waals surface area contributed by atoms with Gasteiger partial charge in [0.05, 0.1) is 0 Å². The van der Waals surface area contributed by atoms with Gasteiger partial charge in [0.15, 0.2) is 0 Å². The highest BCUT2D eigenvalue weighted by molar-refractivity contribution is 5.94. The van der Waals surface area contributed by atoms with Crippen LogP contribution in [0.1, 0.15) is 21.6 Å². The largest absolute Gasteiger partial charge is 0.457 e. The Morgan fingerprint density at radius 3 is 2.61 bits per heavy atom. The van der Waals surface area contributed by atoms with Crippen LogP contribution in [0.4, 0.5) is 5.82 Å². The van der Waals surface area contributed by atoms with E-state index in [9.17, 15) is 4.79 Å². The molecule has 4 nitrogen and oxygen atoms in total. The Hall–Kier alpha value is -2.36. The minimum atomic E-state index is -0.455. The number of rotatable bonds is 3. The first-order valence-corrected chi connectivity index (χ1v) is 5.61. The average Bonchev–Trinajstić information content (AvgIpc) is 2.37. The summed E-state index contributed by atoms with van der Waals surface area (Å²) in [5.74, 6) is -0.253. The molecule has 0 aliphatic heterocycles. The lowest BCUT2D eigenvalue weighted by Gasteiger charge is -2.07. The summed E-state index contributed by atoms with van der Waals surface area (Å²) in [6.45, 7) is 2.04. The molecule has 1 aromatic carbocycles. The molecule has 0 aliphatic carbocycles. The molecule has 0 bridgehead atoms. The summed E-state index contributed by atoms with van der Waals surface area (Å²) in [5, 5.41) is 0. The van der Waals surface area contributed by atoms with Gasteiger partial charge < -0.3 is 10.5 Å². The summed E-state index contributed by atoms with van der Waals surface area (Å²) in [5.41, 5.74) is 7.69. The molecule has 0 radical (unpaired) electrons. The predicted octanol–water partition coefficient (Wildman–Crippen LogP) is 2.33. The molecule has 2 rings (SSSR count). The lowest BCUT2D eigenvalue weighted by Crippen LogP contribution is -2.09. The quantitative estimate of drug-likeness (QED) is 0.839. The average molecular weight is 242 g/mol. The zero-order chi connectivity index (χ0) is 13.0. The van der Waals surface area contributed by atoms with Gasteiger partial charge in [-0.25, -0.2) is 9.78 Å². The minimum absolute atomic E-state index is 0.202. The van der Waals surface area contributed by atoms with Gasteiger partial charge in [0.1, 0.15) is 18.0 Å². The Balaban J connectivity index is 2.04. The van der Waals surface area contributed by atoms with E-state index in [1.807, 2.05) is 37.3 Å². The Kier molecular flexibility index (Phi) is 3.57. The number of carbonyl (C=O) groups is 1. The number of benzene rings is 1. The first-order valence-electron chi connectivity index (χ1n) is 5.61. The Morgan fingerprint density at radius 1 is 1.22 bits per heavy atom. The van der Waals surface area contributed by atoms with Crippen LogP contribution in [0.25, 0.3) is 0 Å². The van der Waals surface area contributed by atoms with Gasteiger partial charge in [-0.3, -0.25) is 0 Å². The maximum absolute atomic E-state index is 11.8. The van der Waals surface area contributed by atoms with Crippen molar-refractivity contribution >= 4 is 11.8 Å². The number of esters is 1. The molecular formula is C14H14N2O2. The van der Waals surface area contributed by atoms with Gasteiger partial charge in [-0.2, -0.15) is 0 Å². The van der Waals surface area contributed by atoms with Crippen molar-refractivity contribution in [2.24, 2.45) is 0 Å². The molecule has 2 aromatic rings. The number of nitrogens with two attached hydrogens (primary N) is 1. The molecule has 0 spiro atoms. The Morgan fingerprint density at radius 2 is 1.94 bits per heavy atom. The van der Waals surface area contributed by atoms with Crippen molar-refractivity contribution in [1.29, 1.82) is 0 Å². The van der Waals surface area contributed by atoms with E-state index in [-0.39, 0.29) is 12.4 Å². The third-order valence-corrected chi connectivity index (χ3v) is 2.50. The van der Waals surface area contributed by atoms with Gasteiger partial charge in [-0.15, -0.1) is 0 Å². The first-order chi connectivity index (χ1) is 8.66. The maximum Gasteiger partial charge on any atom is 0.342 e. The monoisotopic (exact) mass is 242 g/mol. The number of anilines is 1. The van der Waals surface area contributed by atoms with E-state index in [0.717, 1.165) is 11.3 Å². The molecule has 0 aliphatic rings. The SMILES string of the molecule is Cc1ccc(C(=O)OCc2ccccc2)c(N)n1. The van der Waals surface area contributed by atoms with E-state index < -0.39 is 5.97 Å². The molecule has 0 unspecified atom stereocenters. The van der Waals surface area contributed by atoms with Crippen LogP contribution in [0.3, 0.4) is 0 Å². The second-order valence-corrected chi connectivity index (χ2v) is 3.95. The van der Waals surface area contributed by atoms with Gasteiger partial charge >= 0.3 is 5.97 Å². The van der Waals surface area contributed by atoms with Crippen molar-refractivity contribution in [2.45, 2.75) is 13.5 Å². The number of pyridine rings is 1. The highest BCUT2D eigenvalue weighted by atomic mass is 16.5. The van der Waals surface area contributed by atoms with E-state index in [1.165, 1.54) is 0 Å². The third kappa shape index (κ3) is 2.85. The topological polar surface area (TPSA) is 65.2 Å². The van der Waals surface area contributed by atoms with E-state index in [0.29, 0.717) is 5.56 Å². The number of hydrogen-bond donors (Lipinski definition) is 1. The lowest BCUT2D eigenvalue weighted by molar-refractivity contribution is 0.0473. The summed E-state index contributed by atoms with van der Waals surface area (Å²) < 4.78 is 5.18. The molecule has 2 N–H and O–H groups in total. The molecule has 1 aromatic heterocycles. The number of aromatic nitrogens is 1. The van der Waals surface area contributed by atoms with Crippen LogP contribution in [0.5, 0.6) is 0 Å². The van der Waals surface area contributed by atoms with Crippen molar-refractivity contribution in [1.82, 2.24) is 4.98 Å². The molecule has 0 saturated carbocycles. The highest BCUT2D eigenvalue weighted by Crippen LogP contribution is 2.12. The van der Waals surface area contributed by atoms with Gasteiger partial charge in [-0.1, -0.05) is 30.3 Å². The van der Waals surface area contributed by atoms with Crippen molar-refractivity contribution < 1.29 is 9.53 Å². The molecule has 0 atom stereocenters.